The molecule has 1 heterocycles. The van der Waals surface area contributed by atoms with E-state index in [0.717, 1.165) is 29.1 Å². The van der Waals surface area contributed by atoms with E-state index in [2.05, 4.69) is 10.4 Å². The summed E-state index contributed by atoms with van der Waals surface area (Å²) in [6.45, 7) is 5.63. The highest BCUT2D eigenvalue weighted by molar-refractivity contribution is 5.76. The Bertz CT molecular complexity index is 725. The van der Waals surface area contributed by atoms with Crippen LogP contribution in [-0.2, 0) is 18.3 Å². The maximum absolute atomic E-state index is 13.2. The standard InChI is InChI=1S/C17H21F2N3O/c1-10(13-5-7-15(18)16(19)9-13)20-17(23)8-6-14-11(2)21-22(4)12(14)3/h5,7,9-10H,6,8H2,1-4H3,(H,20,23). The molecule has 2 rings (SSSR count). The zero-order chi connectivity index (χ0) is 17.1. The quantitative estimate of drug-likeness (QED) is 0.920. The number of nitrogens with zero attached hydrogens (tertiary/aromatic N) is 2. The molecule has 23 heavy (non-hydrogen) atoms. The second-order valence-corrected chi connectivity index (χ2v) is 5.74. The lowest BCUT2D eigenvalue weighted by Gasteiger charge is -2.14. The van der Waals surface area contributed by atoms with Crippen molar-refractivity contribution in [3.8, 4) is 0 Å². The zero-order valence-corrected chi connectivity index (χ0v) is 13.8. The Morgan fingerprint density at radius 3 is 2.57 bits per heavy atom. The molecule has 0 aliphatic carbocycles. The van der Waals surface area contributed by atoms with E-state index in [4.69, 9.17) is 0 Å². The molecule has 0 aliphatic rings. The predicted molar refractivity (Wildman–Crippen MR) is 83.9 cm³/mol. The molecule has 2 aromatic rings. The first-order chi connectivity index (χ1) is 10.8. The van der Waals surface area contributed by atoms with Gasteiger partial charge >= 0.3 is 0 Å². The lowest BCUT2D eigenvalue weighted by molar-refractivity contribution is -0.121. The van der Waals surface area contributed by atoms with Crippen LogP contribution in [-0.4, -0.2) is 15.7 Å². The highest BCUT2D eigenvalue weighted by atomic mass is 19.2. The third-order valence-corrected chi connectivity index (χ3v) is 4.08. The van der Waals surface area contributed by atoms with E-state index in [1.165, 1.54) is 6.07 Å². The zero-order valence-electron chi connectivity index (χ0n) is 13.8. The fourth-order valence-electron chi connectivity index (χ4n) is 2.60. The molecular weight excluding hydrogens is 300 g/mol. The Morgan fingerprint density at radius 1 is 1.30 bits per heavy atom. The second-order valence-electron chi connectivity index (χ2n) is 5.74. The van der Waals surface area contributed by atoms with Crippen LogP contribution >= 0.6 is 0 Å². The number of hydrogen-bond donors (Lipinski definition) is 1. The fraction of sp³-hybridized carbons (Fsp3) is 0.412. The van der Waals surface area contributed by atoms with Crippen molar-refractivity contribution >= 4 is 5.91 Å². The van der Waals surface area contributed by atoms with Crippen molar-refractivity contribution in [2.24, 2.45) is 7.05 Å². The topological polar surface area (TPSA) is 46.9 Å². The minimum atomic E-state index is -0.912. The van der Waals surface area contributed by atoms with E-state index < -0.39 is 11.6 Å². The van der Waals surface area contributed by atoms with Crippen LogP contribution in [0.15, 0.2) is 18.2 Å². The molecule has 0 fully saturated rings. The van der Waals surface area contributed by atoms with Crippen LogP contribution in [0.1, 0.15) is 41.9 Å². The molecule has 0 bridgehead atoms. The maximum atomic E-state index is 13.2. The van der Waals surface area contributed by atoms with E-state index in [1.54, 1.807) is 11.6 Å². The Labute approximate surface area is 134 Å². The van der Waals surface area contributed by atoms with E-state index in [1.807, 2.05) is 20.9 Å². The molecule has 124 valence electrons. The number of nitrogens with one attached hydrogen (secondary N) is 1. The van der Waals surface area contributed by atoms with Gasteiger partial charge < -0.3 is 5.32 Å². The fourth-order valence-corrected chi connectivity index (χ4v) is 2.60. The molecule has 1 amide bonds. The summed E-state index contributed by atoms with van der Waals surface area (Å²) in [5.74, 6) is -1.94. The summed E-state index contributed by atoms with van der Waals surface area (Å²) in [7, 11) is 1.87. The third-order valence-electron chi connectivity index (χ3n) is 4.08. The molecule has 0 radical (unpaired) electrons. The van der Waals surface area contributed by atoms with E-state index in [-0.39, 0.29) is 11.9 Å². The van der Waals surface area contributed by atoms with Gasteiger partial charge in [-0.25, -0.2) is 8.78 Å². The van der Waals surface area contributed by atoms with Crippen LogP contribution in [0.5, 0.6) is 0 Å². The lowest BCUT2D eigenvalue weighted by Crippen LogP contribution is -2.27. The number of aromatic nitrogens is 2. The van der Waals surface area contributed by atoms with Gasteiger partial charge in [0.05, 0.1) is 11.7 Å². The molecule has 0 saturated carbocycles. The number of carbonyl (C=O) groups excluding carboxylic acids is 1. The molecule has 1 aromatic heterocycles. The first-order valence-corrected chi connectivity index (χ1v) is 7.53. The van der Waals surface area contributed by atoms with Gasteiger partial charge in [-0.15, -0.1) is 0 Å². The second kappa shape index (κ2) is 6.89. The molecular formula is C17H21F2N3O. The van der Waals surface area contributed by atoms with Gasteiger partial charge in [0.1, 0.15) is 0 Å². The average molecular weight is 321 g/mol. The summed E-state index contributed by atoms with van der Waals surface area (Å²) >= 11 is 0. The summed E-state index contributed by atoms with van der Waals surface area (Å²) in [4.78, 5) is 12.1. The number of aryl methyl sites for hydroxylation is 2. The Morgan fingerprint density at radius 2 is 2.00 bits per heavy atom. The highest BCUT2D eigenvalue weighted by Gasteiger charge is 2.14. The number of halogens is 2. The minimum Gasteiger partial charge on any atom is -0.350 e. The summed E-state index contributed by atoms with van der Waals surface area (Å²) < 4.78 is 28.0. The van der Waals surface area contributed by atoms with Crippen LogP contribution in [0.2, 0.25) is 0 Å². The van der Waals surface area contributed by atoms with Gasteiger partial charge in [0, 0.05) is 19.2 Å². The predicted octanol–water partition coefficient (Wildman–Crippen LogP) is 3.13. The Hall–Kier alpha value is -2.24. The molecule has 0 spiro atoms. The number of benzene rings is 1. The molecule has 0 saturated heterocycles. The normalized spacial score (nSPS) is 12.3. The third kappa shape index (κ3) is 3.94. The van der Waals surface area contributed by atoms with E-state index >= 15 is 0 Å². The first kappa shape index (κ1) is 17.1. The highest BCUT2D eigenvalue weighted by Crippen LogP contribution is 2.17. The van der Waals surface area contributed by atoms with Gasteiger partial charge in [-0.05, 0) is 50.5 Å². The summed E-state index contributed by atoms with van der Waals surface area (Å²) in [6, 6.07) is 3.26. The smallest absolute Gasteiger partial charge is 0.220 e. The monoisotopic (exact) mass is 321 g/mol. The Kier molecular flexibility index (Phi) is 5.13. The van der Waals surface area contributed by atoms with Crippen molar-refractivity contribution in [3.63, 3.8) is 0 Å². The van der Waals surface area contributed by atoms with E-state index in [0.29, 0.717) is 18.4 Å². The summed E-state index contributed by atoms with van der Waals surface area (Å²) in [6.07, 6.45) is 0.920. The number of carbonyl (C=O) groups is 1. The molecule has 1 N–H and O–H groups in total. The van der Waals surface area contributed by atoms with Crippen molar-refractivity contribution in [3.05, 3.63) is 52.3 Å². The Balaban J connectivity index is 1.95. The number of hydrogen-bond acceptors (Lipinski definition) is 2. The van der Waals surface area contributed by atoms with Gasteiger partial charge in [0.15, 0.2) is 11.6 Å². The van der Waals surface area contributed by atoms with Gasteiger partial charge in [-0.1, -0.05) is 6.07 Å². The number of rotatable bonds is 5. The molecule has 0 aliphatic heterocycles. The van der Waals surface area contributed by atoms with Crippen LogP contribution < -0.4 is 5.32 Å². The maximum Gasteiger partial charge on any atom is 0.220 e. The molecule has 1 atom stereocenters. The average Bonchev–Trinajstić information content (AvgIpc) is 2.73. The van der Waals surface area contributed by atoms with E-state index in [9.17, 15) is 13.6 Å². The van der Waals surface area contributed by atoms with Crippen molar-refractivity contribution in [1.29, 1.82) is 0 Å². The number of amides is 1. The van der Waals surface area contributed by atoms with Gasteiger partial charge in [0.2, 0.25) is 5.91 Å². The minimum absolute atomic E-state index is 0.134. The molecule has 1 unspecified atom stereocenters. The summed E-state index contributed by atoms with van der Waals surface area (Å²) in [5.41, 5.74) is 3.57. The molecule has 1 aromatic carbocycles. The first-order valence-electron chi connectivity index (χ1n) is 7.53. The van der Waals surface area contributed by atoms with Crippen molar-refractivity contribution in [2.75, 3.05) is 0 Å². The molecule has 4 nitrogen and oxygen atoms in total. The van der Waals surface area contributed by atoms with Crippen LogP contribution in [0.25, 0.3) is 0 Å². The van der Waals surface area contributed by atoms with Crippen molar-refractivity contribution in [2.45, 2.75) is 39.7 Å². The van der Waals surface area contributed by atoms with Gasteiger partial charge in [0.25, 0.3) is 0 Å². The lowest BCUT2D eigenvalue weighted by atomic mass is 10.1. The SMILES string of the molecule is Cc1nn(C)c(C)c1CCC(=O)NC(C)c1ccc(F)c(F)c1. The molecule has 6 heteroatoms. The van der Waals surface area contributed by atoms with Crippen molar-refractivity contribution < 1.29 is 13.6 Å². The van der Waals surface area contributed by atoms with Crippen LogP contribution in [0.3, 0.4) is 0 Å². The van der Waals surface area contributed by atoms with Gasteiger partial charge in [-0.2, -0.15) is 5.10 Å². The van der Waals surface area contributed by atoms with Crippen LogP contribution in [0, 0.1) is 25.5 Å². The largest absolute Gasteiger partial charge is 0.350 e. The van der Waals surface area contributed by atoms with Crippen LogP contribution in [0.4, 0.5) is 8.78 Å². The van der Waals surface area contributed by atoms with Crippen molar-refractivity contribution in [1.82, 2.24) is 15.1 Å². The van der Waals surface area contributed by atoms with Gasteiger partial charge in [-0.3, -0.25) is 9.48 Å². The summed E-state index contributed by atoms with van der Waals surface area (Å²) in [5, 5.41) is 7.13.